The minimum atomic E-state index is -2.88. The molecule has 0 nitrogen and oxygen atoms in total. The maximum absolute atomic E-state index is 14.1. The van der Waals surface area contributed by atoms with Gasteiger partial charge in [-0.2, -0.15) is 8.78 Å². The predicted molar refractivity (Wildman–Crippen MR) is 62.6 cm³/mol. The molecule has 3 heteroatoms. The van der Waals surface area contributed by atoms with Gasteiger partial charge in [-0.1, -0.05) is 52.3 Å². The lowest BCUT2D eigenvalue weighted by Crippen LogP contribution is -2.10. The molecule has 0 aliphatic heterocycles. The van der Waals surface area contributed by atoms with E-state index in [-0.39, 0.29) is 11.1 Å². The van der Waals surface area contributed by atoms with Gasteiger partial charge in [0.2, 0.25) is 0 Å². The highest BCUT2D eigenvalue weighted by molar-refractivity contribution is 9.10. The zero-order valence-electron chi connectivity index (χ0n) is 8.18. The standard InChI is InChI=1S/C13H7BrF2/c14-11-7-3-6-10-12(11)8-4-1-2-5-9(8)13(10,15)16/h1-7H. The Kier molecular flexibility index (Phi) is 1.96. The van der Waals surface area contributed by atoms with E-state index in [4.69, 9.17) is 0 Å². The highest BCUT2D eigenvalue weighted by Crippen LogP contribution is 2.52. The van der Waals surface area contributed by atoms with Gasteiger partial charge in [-0.3, -0.25) is 0 Å². The van der Waals surface area contributed by atoms with Crippen LogP contribution in [0.3, 0.4) is 0 Å². The Morgan fingerprint density at radius 3 is 2.38 bits per heavy atom. The number of hydrogen-bond donors (Lipinski definition) is 0. The molecule has 0 amide bonds. The molecule has 0 aromatic heterocycles. The summed E-state index contributed by atoms with van der Waals surface area (Å²) in [7, 11) is 0. The lowest BCUT2D eigenvalue weighted by atomic mass is 10.1. The monoisotopic (exact) mass is 280 g/mol. The molecule has 80 valence electrons. The molecule has 2 aromatic rings. The second kappa shape index (κ2) is 3.14. The number of hydrogen-bond acceptors (Lipinski definition) is 0. The third kappa shape index (κ3) is 1.12. The van der Waals surface area contributed by atoms with Gasteiger partial charge in [0.25, 0.3) is 5.92 Å². The van der Waals surface area contributed by atoms with Crippen molar-refractivity contribution in [2.45, 2.75) is 5.92 Å². The molecular formula is C13H7BrF2. The van der Waals surface area contributed by atoms with E-state index >= 15 is 0 Å². The number of halogens is 3. The third-order valence-electron chi connectivity index (χ3n) is 2.89. The number of fused-ring (bicyclic) bond motifs is 3. The Bertz CT molecular complexity index is 576. The largest absolute Gasteiger partial charge is 0.299 e. The summed E-state index contributed by atoms with van der Waals surface area (Å²) in [6, 6.07) is 11.6. The van der Waals surface area contributed by atoms with E-state index in [0.717, 1.165) is 4.47 Å². The van der Waals surface area contributed by atoms with Crippen molar-refractivity contribution in [3.63, 3.8) is 0 Å². The Balaban J connectivity index is 2.45. The molecule has 1 aliphatic carbocycles. The van der Waals surface area contributed by atoms with E-state index in [1.807, 2.05) is 0 Å². The van der Waals surface area contributed by atoms with Crippen molar-refractivity contribution in [2.24, 2.45) is 0 Å². The van der Waals surface area contributed by atoms with Crippen LogP contribution in [0.5, 0.6) is 0 Å². The van der Waals surface area contributed by atoms with Crippen LogP contribution in [-0.2, 0) is 5.92 Å². The Morgan fingerprint density at radius 1 is 0.875 bits per heavy atom. The Morgan fingerprint density at radius 2 is 1.56 bits per heavy atom. The van der Waals surface area contributed by atoms with Crippen molar-refractivity contribution >= 4 is 15.9 Å². The zero-order chi connectivity index (χ0) is 11.3. The van der Waals surface area contributed by atoms with Gasteiger partial charge in [0.15, 0.2) is 0 Å². The van der Waals surface area contributed by atoms with E-state index in [0.29, 0.717) is 11.1 Å². The second-order valence-electron chi connectivity index (χ2n) is 3.78. The van der Waals surface area contributed by atoms with Gasteiger partial charge < -0.3 is 0 Å². The summed E-state index contributed by atoms with van der Waals surface area (Å²) in [5, 5.41) is 0. The Hall–Kier alpha value is -1.22. The quantitative estimate of drug-likeness (QED) is 0.663. The summed E-state index contributed by atoms with van der Waals surface area (Å²) in [6.07, 6.45) is 0. The summed E-state index contributed by atoms with van der Waals surface area (Å²) in [6.45, 7) is 0. The summed E-state index contributed by atoms with van der Waals surface area (Å²) >= 11 is 3.34. The molecule has 0 atom stereocenters. The van der Waals surface area contributed by atoms with Crippen molar-refractivity contribution in [1.29, 1.82) is 0 Å². The lowest BCUT2D eigenvalue weighted by molar-refractivity contribution is 0.0480. The van der Waals surface area contributed by atoms with Crippen LogP contribution >= 0.6 is 15.9 Å². The van der Waals surface area contributed by atoms with E-state index in [2.05, 4.69) is 15.9 Å². The number of rotatable bonds is 0. The van der Waals surface area contributed by atoms with Crippen LogP contribution < -0.4 is 0 Å². The van der Waals surface area contributed by atoms with E-state index in [9.17, 15) is 8.78 Å². The minimum Gasteiger partial charge on any atom is -0.196 e. The predicted octanol–water partition coefficient (Wildman–Crippen LogP) is 4.57. The van der Waals surface area contributed by atoms with E-state index in [1.54, 1.807) is 30.3 Å². The molecule has 0 saturated heterocycles. The first-order chi connectivity index (χ1) is 7.62. The van der Waals surface area contributed by atoms with Crippen molar-refractivity contribution in [1.82, 2.24) is 0 Å². The average molecular weight is 281 g/mol. The van der Waals surface area contributed by atoms with Crippen LogP contribution in [0.1, 0.15) is 11.1 Å². The van der Waals surface area contributed by atoms with Crippen LogP contribution in [0, 0.1) is 0 Å². The summed E-state index contributed by atoms with van der Waals surface area (Å²) in [5.74, 6) is -2.88. The molecule has 0 radical (unpaired) electrons. The maximum atomic E-state index is 14.1. The maximum Gasteiger partial charge on any atom is 0.299 e. The SMILES string of the molecule is FC1(F)c2ccccc2-c2c(Br)cccc21. The number of benzene rings is 2. The number of alkyl halides is 2. The van der Waals surface area contributed by atoms with Gasteiger partial charge in [0, 0.05) is 21.2 Å². The third-order valence-corrected chi connectivity index (χ3v) is 3.55. The molecule has 0 heterocycles. The molecule has 3 rings (SSSR count). The molecule has 0 fully saturated rings. The smallest absolute Gasteiger partial charge is 0.196 e. The molecule has 16 heavy (non-hydrogen) atoms. The van der Waals surface area contributed by atoms with Gasteiger partial charge in [-0.15, -0.1) is 0 Å². The fourth-order valence-corrected chi connectivity index (χ4v) is 2.76. The van der Waals surface area contributed by atoms with Crippen molar-refractivity contribution < 1.29 is 8.78 Å². The topological polar surface area (TPSA) is 0 Å². The minimum absolute atomic E-state index is 0.0862. The Labute approximate surface area is 100 Å². The first kappa shape index (κ1) is 9.97. The highest BCUT2D eigenvalue weighted by Gasteiger charge is 2.44. The van der Waals surface area contributed by atoms with Crippen molar-refractivity contribution in [2.75, 3.05) is 0 Å². The molecule has 0 bridgehead atoms. The highest BCUT2D eigenvalue weighted by atomic mass is 79.9. The van der Waals surface area contributed by atoms with Crippen LogP contribution in [0.15, 0.2) is 46.9 Å². The van der Waals surface area contributed by atoms with Crippen LogP contribution in [0.2, 0.25) is 0 Å². The van der Waals surface area contributed by atoms with Gasteiger partial charge in [-0.25, -0.2) is 0 Å². The van der Waals surface area contributed by atoms with Crippen LogP contribution in [0.4, 0.5) is 8.78 Å². The van der Waals surface area contributed by atoms with Crippen molar-refractivity contribution in [3.05, 3.63) is 58.1 Å². The van der Waals surface area contributed by atoms with Gasteiger partial charge in [0.05, 0.1) is 0 Å². The fraction of sp³-hybridized carbons (Fsp3) is 0.0769. The van der Waals surface area contributed by atoms with Gasteiger partial charge in [0.1, 0.15) is 0 Å². The second-order valence-corrected chi connectivity index (χ2v) is 4.64. The summed E-state index contributed by atoms with van der Waals surface area (Å²) in [4.78, 5) is 0. The van der Waals surface area contributed by atoms with Crippen LogP contribution in [0.25, 0.3) is 11.1 Å². The lowest BCUT2D eigenvalue weighted by Gasteiger charge is -2.11. The summed E-state index contributed by atoms with van der Waals surface area (Å²) < 4.78 is 28.9. The summed E-state index contributed by atoms with van der Waals surface area (Å²) in [5.41, 5.74) is 1.41. The normalized spacial score (nSPS) is 15.7. The van der Waals surface area contributed by atoms with Crippen LogP contribution in [-0.4, -0.2) is 0 Å². The van der Waals surface area contributed by atoms with E-state index in [1.165, 1.54) is 12.1 Å². The first-order valence-electron chi connectivity index (χ1n) is 4.89. The molecule has 1 aliphatic rings. The molecule has 2 aromatic carbocycles. The first-order valence-corrected chi connectivity index (χ1v) is 5.68. The molecule has 0 spiro atoms. The van der Waals surface area contributed by atoms with E-state index < -0.39 is 5.92 Å². The fourth-order valence-electron chi connectivity index (χ4n) is 2.18. The zero-order valence-corrected chi connectivity index (χ0v) is 9.76. The van der Waals surface area contributed by atoms with Gasteiger partial charge in [-0.05, 0) is 11.6 Å². The molecular weight excluding hydrogens is 274 g/mol. The van der Waals surface area contributed by atoms with Crippen molar-refractivity contribution in [3.8, 4) is 11.1 Å². The molecule has 0 saturated carbocycles. The molecule has 0 unspecified atom stereocenters. The average Bonchev–Trinajstić information content (AvgIpc) is 2.51. The van der Waals surface area contributed by atoms with Gasteiger partial charge >= 0.3 is 0 Å². The molecule has 0 N–H and O–H groups in total.